The molecule has 33 heavy (non-hydrogen) atoms. The van der Waals surface area contributed by atoms with Crippen LogP contribution in [0.5, 0.6) is 5.75 Å². The molecule has 0 aliphatic carbocycles. The number of hydrogen-bond acceptors (Lipinski definition) is 6. The molecule has 1 amide bonds. The molecule has 3 aromatic heterocycles. The van der Waals surface area contributed by atoms with Gasteiger partial charge < -0.3 is 19.9 Å². The molecule has 0 radical (unpaired) electrons. The van der Waals surface area contributed by atoms with Gasteiger partial charge in [-0.1, -0.05) is 0 Å². The van der Waals surface area contributed by atoms with E-state index in [1.54, 1.807) is 18.3 Å². The number of carbonyl (C=O) groups excluding carboxylic acids is 1. The molecule has 8 heteroatoms. The third kappa shape index (κ3) is 4.56. The lowest BCUT2D eigenvalue weighted by molar-refractivity contribution is 0.102. The van der Waals surface area contributed by atoms with Crippen molar-refractivity contribution >= 4 is 22.6 Å². The van der Waals surface area contributed by atoms with E-state index in [0.717, 1.165) is 59.7 Å². The molecular formula is C25H26N6O2. The summed E-state index contributed by atoms with van der Waals surface area (Å²) in [6, 6.07) is 11.1. The van der Waals surface area contributed by atoms with Crippen LogP contribution in [-0.4, -0.2) is 44.6 Å². The molecule has 1 aliphatic rings. The average molecular weight is 443 g/mol. The Bertz CT molecular complexity index is 1290. The summed E-state index contributed by atoms with van der Waals surface area (Å²) in [7, 11) is 1.97. The van der Waals surface area contributed by atoms with E-state index in [0.29, 0.717) is 11.4 Å². The van der Waals surface area contributed by atoms with E-state index in [4.69, 9.17) is 4.74 Å². The zero-order chi connectivity index (χ0) is 22.8. The molecular weight excluding hydrogens is 416 g/mol. The molecule has 0 unspecified atom stereocenters. The minimum atomic E-state index is -0.221. The lowest BCUT2D eigenvalue weighted by Gasteiger charge is -2.23. The van der Waals surface area contributed by atoms with Gasteiger partial charge in [0.1, 0.15) is 23.5 Å². The number of aromatic nitrogens is 4. The Balaban J connectivity index is 1.30. The number of imidazole rings is 1. The van der Waals surface area contributed by atoms with Crippen molar-refractivity contribution < 1.29 is 9.53 Å². The first-order valence-electron chi connectivity index (χ1n) is 11.1. The van der Waals surface area contributed by atoms with Gasteiger partial charge in [0.25, 0.3) is 5.91 Å². The van der Waals surface area contributed by atoms with E-state index in [2.05, 4.69) is 25.6 Å². The normalized spacial score (nSPS) is 14.4. The molecule has 1 aliphatic heterocycles. The Labute approximate surface area is 192 Å². The van der Waals surface area contributed by atoms with Crippen LogP contribution in [0.25, 0.3) is 22.2 Å². The molecule has 2 N–H and O–H groups in total. The summed E-state index contributed by atoms with van der Waals surface area (Å²) in [5.74, 6) is 1.97. The topological polar surface area (TPSA) is 94.0 Å². The number of rotatable bonds is 5. The van der Waals surface area contributed by atoms with Gasteiger partial charge in [0.05, 0.1) is 23.6 Å². The van der Waals surface area contributed by atoms with Crippen molar-refractivity contribution in [2.45, 2.75) is 25.9 Å². The predicted octanol–water partition coefficient (Wildman–Crippen LogP) is 3.72. The number of hydrogen-bond donors (Lipinski definition) is 2. The van der Waals surface area contributed by atoms with Crippen LogP contribution >= 0.6 is 0 Å². The molecule has 4 heterocycles. The second-order valence-electron chi connectivity index (χ2n) is 8.28. The molecule has 4 aromatic rings. The number of fused-ring (bicyclic) bond motifs is 1. The number of anilines is 1. The molecule has 0 bridgehead atoms. The highest BCUT2D eigenvalue weighted by Crippen LogP contribution is 2.24. The van der Waals surface area contributed by atoms with Crippen LogP contribution in [0.2, 0.25) is 0 Å². The number of pyridine rings is 2. The summed E-state index contributed by atoms with van der Waals surface area (Å²) in [6.07, 6.45) is 7.52. The highest BCUT2D eigenvalue weighted by Gasteiger charge is 2.15. The number of nitrogens with zero attached hydrogens (tertiary/aromatic N) is 4. The largest absolute Gasteiger partial charge is 0.490 e. The maximum Gasteiger partial charge on any atom is 0.256 e. The fourth-order valence-corrected chi connectivity index (χ4v) is 3.99. The highest BCUT2D eigenvalue weighted by atomic mass is 16.5. The van der Waals surface area contributed by atoms with E-state index < -0.39 is 0 Å². The number of nitrogens with one attached hydrogen (secondary N) is 2. The van der Waals surface area contributed by atoms with E-state index >= 15 is 0 Å². The van der Waals surface area contributed by atoms with Crippen LogP contribution in [0.4, 0.5) is 5.82 Å². The first-order chi connectivity index (χ1) is 16.1. The van der Waals surface area contributed by atoms with Crippen LogP contribution in [0, 0.1) is 6.92 Å². The molecule has 1 aromatic carbocycles. The van der Waals surface area contributed by atoms with Gasteiger partial charge in [-0.05, 0) is 69.3 Å². The van der Waals surface area contributed by atoms with Crippen molar-refractivity contribution in [3.05, 3.63) is 66.4 Å². The minimum absolute atomic E-state index is 0.221. The number of carbonyl (C=O) groups is 1. The summed E-state index contributed by atoms with van der Waals surface area (Å²) in [6.45, 7) is 3.91. The molecule has 8 nitrogen and oxygen atoms in total. The zero-order valence-electron chi connectivity index (χ0n) is 18.7. The monoisotopic (exact) mass is 442 g/mol. The first kappa shape index (κ1) is 21.1. The summed E-state index contributed by atoms with van der Waals surface area (Å²) in [5.41, 5.74) is 3.25. The van der Waals surface area contributed by atoms with Gasteiger partial charge in [0, 0.05) is 29.8 Å². The van der Waals surface area contributed by atoms with Gasteiger partial charge in [0.2, 0.25) is 0 Å². The highest BCUT2D eigenvalue weighted by molar-refractivity contribution is 6.04. The van der Waals surface area contributed by atoms with Crippen LogP contribution < -0.4 is 15.4 Å². The van der Waals surface area contributed by atoms with Gasteiger partial charge in [-0.25, -0.2) is 9.97 Å². The number of aryl methyl sites for hydroxylation is 1. The van der Waals surface area contributed by atoms with Crippen LogP contribution in [0.15, 0.2) is 55.0 Å². The third-order valence-corrected chi connectivity index (χ3v) is 6.03. The lowest BCUT2D eigenvalue weighted by atomic mass is 10.1. The fourth-order valence-electron chi connectivity index (χ4n) is 3.99. The average Bonchev–Trinajstić information content (AvgIpc) is 3.18. The molecule has 0 atom stereocenters. The standard InChI is InChI=1S/C25H26N6O2/c1-16-27-15-23(31(16)2)19-11-18-12-24(29-14-22(18)28-13-19)30-25(32)17-3-5-20(6-4-17)33-21-7-9-26-10-8-21/h3-6,11-15,21,26H,7-10H2,1-2H3,(H,29,30,32). The number of piperidine rings is 1. The fraction of sp³-hybridized carbons (Fsp3) is 0.280. The number of amides is 1. The first-order valence-corrected chi connectivity index (χ1v) is 11.1. The molecule has 0 saturated carbocycles. The van der Waals surface area contributed by atoms with Gasteiger partial charge in [-0.3, -0.25) is 9.78 Å². The van der Waals surface area contributed by atoms with E-state index in [9.17, 15) is 4.79 Å². The summed E-state index contributed by atoms with van der Waals surface area (Å²) in [4.78, 5) is 26.0. The lowest BCUT2D eigenvalue weighted by Crippen LogP contribution is -2.34. The number of ether oxygens (including phenoxy) is 1. The van der Waals surface area contributed by atoms with Crippen LogP contribution in [-0.2, 0) is 7.05 Å². The molecule has 168 valence electrons. The van der Waals surface area contributed by atoms with Crippen molar-refractivity contribution in [2.75, 3.05) is 18.4 Å². The second-order valence-corrected chi connectivity index (χ2v) is 8.28. The Morgan fingerprint density at radius 3 is 2.58 bits per heavy atom. The SMILES string of the molecule is Cc1ncc(-c2cnc3cnc(NC(=O)c4ccc(OC5CCNCC5)cc4)cc3c2)n1C. The second kappa shape index (κ2) is 8.99. The quantitative estimate of drug-likeness (QED) is 0.489. The van der Waals surface area contributed by atoms with E-state index in [-0.39, 0.29) is 12.0 Å². The van der Waals surface area contributed by atoms with Crippen molar-refractivity contribution in [2.24, 2.45) is 7.05 Å². The molecule has 5 rings (SSSR count). The maximum atomic E-state index is 12.8. The van der Waals surface area contributed by atoms with E-state index in [1.807, 2.05) is 55.2 Å². The Kier molecular flexibility index (Phi) is 5.75. The predicted molar refractivity (Wildman–Crippen MR) is 127 cm³/mol. The van der Waals surface area contributed by atoms with Crippen LogP contribution in [0.1, 0.15) is 29.0 Å². The van der Waals surface area contributed by atoms with Gasteiger partial charge in [0.15, 0.2) is 0 Å². The summed E-state index contributed by atoms with van der Waals surface area (Å²) >= 11 is 0. The van der Waals surface area contributed by atoms with Crippen molar-refractivity contribution in [3.8, 4) is 17.0 Å². The number of benzene rings is 1. The summed E-state index contributed by atoms with van der Waals surface area (Å²) in [5, 5.41) is 7.10. The third-order valence-electron chi connectivity index (χ3n) is 6.03. The maximum absolute atomic E-state index is 12.8. The van der Waals surface area contributed by atoms with Gasteiger partial charge in [-0.15, -0.1) is 0 Å². The van der Waals surface area contributed by atoms with Crippen LogP contribution in [0.3, 0.4) is 0 Å². The molecule has 1 saturated heterocycles. The van der Waals surface area contributed by atoms with Gasteiger partial charge in [-0.2, -0.15) is 0 Å². The zero-order valence-corrected chi connectivity index (χ0v) is 18.7. The minimum Gasteiger partial charge on any atom is -0.490 e. The Hall–Kier alpha value is -3.78. The Morgan fingerprint density at radius 1 is 1.06 bits per heavy atom. The Morgan fingerprint density at radius 2 is 1.85 bits per heavy atom. The molecule has 1 fully saturated rings. The summed E-state index contributed by atoms with van der Waals surface area (Å²) < 4.78 is 8.04. The van der Waals surface area contributed by atoms with Gasteiger partial charge >= 0.3 is 0 Å². The van der Waals surface area contributed by atoms with Crippen molar-refractivity contribution in [1.29, 1.82) is 0 Å². The smallest absolute Gasteiger partial charge is 0.256 e. The molecule has 0 spiro atoms. The van der Waals surface area contributed by atoms with E-state index in [1.165, 1.54) is 0 Å². The van der Waals surface area contributed by atoms with Crippen molar-refractivity contribution in [3.63, 3.8) is 0 Å². The van der Waals surface area contributed by atoms with Crippen molar-refractivity contribution in [1.82, 2.24) is 24.8 Å².